The fourth-order valence-electron chi connectivity index (χ4n) is 5.16. The smallest absolute Gasteiger partial charge is 0.410 e. The second kappa shape index (κ2) is 11.5. The molecule has 0 radical (unpaired) electrons. The highest BCUT2D eigenvalue weighted by molar-refractivity contribution is 7.89. The lowest BCUT2D eigenvalue weighted by molar-refractivity contribution is 0.0270. The van der Waals surface area contributed by atoms with E-state index in [1.54, 1.807) is 53.6 Å². The van der Waals surface area contributed by atoms with E-state index in [4.69, 9.17) is 10.00 Å². The molecule has 0 unspecified atom stereocenters. The number of hydrogen-bond acceptors (Lipinski definition) is 7. The minimum Gasteiger partial charge on any atom is -0.444 e. The van der Waals surface area contributed by atoms with Crippen LogP contribution in [0.5, 0.6) is 0 Å². The zero-order valence-electron chi connectivity index (χ0n) is 23.7. The van der Waals surface area contributed by atoms with Crippen molar-refractivity contribution in [1.82, 2.24) is 19.5 Å². The first-order chi connectivity index (χ1) is 19.9. The van der Waals surface area contributed by atoms with E-state index < -0.39 is 15.6 Å². The van der Waals surface area contributed by atoms with E-state index >= 15 is 0 Å². The number of ether oxygens (including phenoxy) is 1. The Kier molecular flexibility index (Phi) is 8.03. The Labute approximate surface area is 246 Å². The largest absolute Gasteiger partial charge is 0.444 e. The Morgan fingerprint density at radius 3 is 2.26 bits per heavy atom. The van der Waals surface area contributed by atoms with Crippen LogP contribution in [-0.4, -0.2) is 59.3 Å². The standard InChI is InChI=1S/C31H33N5O5S/c1-31(2,3)41-30(38)35-19-26-27(20-35)28(26)34-29(37)23-11-7-22(8-12-23)17-36(18-24-6-4-5-15-33-24)42(39,40)25-13-9-21(16-32)10-14-25/h4-15,26-28H,17-20H2,1-3H3,(H,34,37)/t26-,27+,28+. The van der Waals surface area contributed by atoms with Gasteiger partial charge >= 0.3 is 6.09 Å². The Morgan fingerprint density at radius 1 is 1.02 bits per heavy atom. The number of nitrogens with one attached hydrogen (secondary N) is 1. The van der Waals surface area contributed by atoms with Gasteiger partial charge in [0.1, 0.15) is 5.60 Å². The molecular formula is C31H33N5O5S. The number of fused-ring (bicyclic) bond motifs is 1. The van der Waals surface area contributed by atoms with Gasteiger partial charge in [-0.25, -0.2) is 13.2 Å². The zero-order valence-corrected chi connectivity index (χ0v) is 24.5. The Morgan fingerprint density at radius 2 is 1.69 bits per heavy atom. The van der Waals surface area contributed by atoms with Gasteiger partial charge < -0.3 is 15.0 Å². The number of benzene rings is 2. The Hall–Kier alpha value is -4.27. The van der Waals surface area contributed by atoms with E-state index in [2.05, 4.69) is 10.3 Å². The zero-order chi connectivity index (χ0) is 30.1. The molecule has 2 aromatic carbocycles. The molecule has 10 nitrogen and oxygen atoms in total. The van der Waals surface area contributed by atoms with Gasteiger partial charge in [-0.15, -0.1) is 0 Å². The molecule has 1 aliphatic heterocycles. The van der Waals surface area contributed by atoms with Crippen LogP contribution in [0.25, 0.3) is 0 Å². The summed E-state index contributed by atoms with van der Waals surface area (Å²) in [7, 11) is -3.92. The number of sulfonamides is 1. The number of carbonyl (C=O) groups is 2. The average Bonchev–Trinajstić information content (AvgIpc) is 3.38. The minimum absolute atomic E-state index is 0.0160. The lowest BCUT2D eigenvalue weighted by Gasteiger charge is -2.26. The predicted molar refractivity (Wildman–Crippen MR) is 154 cm³/mol. The SMILES string of the molecule is CC(C)(C)OC(=O)N1C[C@@H]2[C@H](C1)[C@H]2NC(=O)c1ccc(CN(Cc2ccccn2)S(=O)(=O)c2ccc(C#N)cc2)cc1. The summed E-state index contributed by atoms with van der Waals surface area (Å²) in [5.41, 5.74) is 1.59. The molecule has 3 aromatic rings. The quantitative estimate of drug-likeness (QED) is 0.422. The van der Waals surface area contributed by atoms with Crippen molar-refractivity contribution in [2.75, 3.05) is 13.1 Å². The molecule has 5 rings (SSSR count). The Balaban J connectivity index is 1.23. The van der Waals surface area contributed by atoms with Crippen molar-refractivity contribution in [1.29, 1.82) is 5.26 Å². The van der Waals surface area contributed by atoms with Crippen molar-refractivity contribution in [3.05, 3.63) is 95.3 Å². The van der Waals surface area contributed by atoms with Crippen LogP contribution in [0.4, 0.5) is 4.79 Å². The van der Waals surface area contributed by atoms with Crippen LogP contribution in [0.15, 0.2) is 77.8 Å². The molecule has 0 bridgehead atoms. The van der Waals surface area contributed by atoms with Gasteiger partial charge in [0.2, 0.25) is 10.0 Å². The first-order valence-corrected chi connectivity index (χ1v) is 15.2. The number of hydrogen-bond donors (Lipinski definition) is 1. The molecule has 2 fully saturated rings. The lowest BCUT2D eigenvalue weighted by atomic mass is 10.1. The number of likely N-dealkylation sites (tertiary alicyclic amines) is 1. The summed E-state index contributed by atoms with van der Waals surface area (Å²) in [6, 6.07) is 20.0. The van der Waals surface area contributed by atoms with Gasteiger partial charge in [-0.05, 0) is 74.9 Å². The van der Waals surface area contributed by atoms with E-state index in [0.717, 1.165) is 0 Å². The summed E-state index contributed by atoms with van der Waals surface area (Å²) in [5.74, 6) is 0.224. The van der Waals surface area contributed by atoms with Crippen molar-refractivity contribution in [3.8, 4) is 6.07 Å². The highest BCUT2D eigenvalue weighted by Crippen LogP contribution is 2.46. The van der Waals surface area contributed by atoms with Crippen molar-refractivity contribution in [2.24, 2.45) is 11.8 Å². The molecule has 3 atom stereocenters. The molecule has 42 heavy (non-hydrogen) atoms. The van der Waals surface area contributed by atoms with Crippen LogP contribution in [0, 0.1) is 23.2 Å². The minimum atomic E-state index is -3.92. The third-order valence-corrected chi connectivity index (χ3v) is 9.21. The van der Waals surface area contributed by atoms with Crippen LogP contribution in [0.2, 0.25) is 0 Å². The second-order valence-electron chi connectivity index (χ2n) is 11.6. The maximum Gasteiger partial charge on any atom is 0.410 e. The van der Waals surface area contributed by atoms with Crippen LogP contribution in [-0.2, 0) is 27.8 Å². The second-order valence-corrected chi connectivity index (χ2v) is 13.6. The monoisotopic (exact) mass is 587 g/mol. The molecule has 11 heteroatoms. The van der Waals surface area contributed by atoms with E-state index in [-0.39, 0.29) is 47.9 Å². The van der Waals surface area contributed by atoms with Crippen LogP contribution < -0.4 is 5.32 Å². The summed E-state index contributed by atoms with van der Waals surface area (Å²) in [4.78, 5) is 31.3. The van der Waals surface area contributed by atoms with E-state index in [1.165, 1.54) is 28.6 Å². The number of pyridine rings is 1. The maximum absolute atomic E-state index is 13.6. The van der Waals surface area contributed by atoms with Gasteiger partial charge in [0.25, 0.3) is 5.91 Å². The number of nitriles is 1. The molecule has 1 aromatic heterocycles. The van der Waals surface area contributed by atoms with Gasteiger partial charge in [-0.3, -0.25) is 9.78 Å². The highest BCUT2D eigenvalue weighted by atomic mass is 32.2. The molecule has 2 amide bonds. The average molecular weight is 588 g/mol. The first-order valence-electron chi connectivity index (χ1n) is 13.7. The van der Waals surface area contributed by atoms with Gasteiger partial charge in [0.15, 0.2) is 0 Å². The van der Waals surface area contributed by atoms with Crippen molar-refractivity contribution in [2.45, 2.75) is 50.4 Å². The fraction of sp³-hybridized carbons (Fsp3) is 0.355. The maximum atomic E-state index is 13.6. The normalized spacial score (nSPS) is 19.6. The third-order valence-electron chi connectivity index (χ3n) is 7.40. The van der Waals surface area contributed by atoms with Gasteiger partial charge in [-0.1, -0.05) is 18.2 Å². The number of amides is 2. The van der Waals surface area contributed by atoms with E-state index in [0.29, 0.717) is 35.5 Å². The lowest BCUT2D eigenvalue weighted by Crippen LogP contribution is -2.40. The number of carbonyl (C=O) groups excluding carboxylic acids is 2. The molecule has 2 aliphatic rings. The number of piperidine rings is 1. The van der Waals surface area contributed by atoms with Crippen molar-refractivity contribution < 1.29 is 22.7 Å². The summed E-state index contributed by atoms with van der Waals surface area (Å²) >= 11 is 0. The fourth-order valence-corrected chi connectivity index (χ4v) is 6.56. The molecule has 218 valence electrons. The highest BCUT2D eigenvalue weighted by Gasteiger charge is 2.58. The van der Waals surface area contributed by atoms with Gasteiger partial charge in [-0.2, -0.15) is 9.57 Å². The molecule has 1 aliphatic carbocycles. The molecule has 0 spiro atoms. The summed E-state index contributed by atoms with van der Waals surface area (Å²) in [6.07, 6.45) is 1.28. The van der Waals surface area contributed by atoms with Crippen LogP contribution >= 0.6 is 0 Å². The summed E-state index contributed by atoms with van der Waals surface area (Å²) in [5, 5.41) is 12.2. The van der Waals surface area contributed by atoms with E-state index in [9.17, 15) is 18.0 Å². The van der Waals surface area contributed by atoms with Crippen molar-refractivity contribution >= 4 is 22.0 Å². The van der Waals surface area contributed by atoms with Crippen molar-refractivity contribution in [3.63, 3.8) is 0 Å². The topological polar surface area (TPSA) is 133 Å². The number of nitrogens with zero attached hydrogens (tertiary/aromatic N) is 4. The summed E-state index contributed by atoms with van der Waals surface area (Å²) < 4.78 is 34.0. The molecular weight excluding hydrogens is 554 g/mol. The Bertz CT molecular complexity index is 1580. The molecule has 1 N–H and O–H groups in total. The number of aromatic nitrogens is 1. The summed E-state index contributed by atoms with van der Waals surface area (Å²) in [6.45, 7) is 6.74. The first kappa shape index (κ1) is 29.2. The predicted octanol–water partition coefficient (Wildman–Crippen LogP) is 3.94. The van der Waals surface area contributed by atoms with E-state index in [1.807, 2.05) is 26.8 Å². The van der Waals surface area contributed by atoms with Gasteiger partial charge in [0, 0.05) is 49.3 Å². The molecule has 1 saturated heterocycles. The number of rotatable bonds is 8. The third kappa shape index (κ3) is 6.61. The van der Waals surface area contributed by atoms with Crippen LogP contribution in [0.1, 0.15) is 48.0 Å². The van der Waals surface area contributed by atoms with Gasteiger partial charge in [0.05, 0.1) is 28.8 Å². The molecule has 2 heterocycles. The molecule has 1 saturated carbocycles. The van der Waals surface area contributed by atoms with Crippen LogP contribution in [0.3, 0.4) is 0 Å².